The number of aromatic nitrogens is 2. The molecule has 1 amide bonds. The zero-order valence-electron chi connectivity index (χ0n) is 12.0. The Morgan fingerprint density at radius 3 is 2.55 bits per heavy atom. The maximum Gasteiger partial charge on any atom is 0.227 e. The van der Waals surface area contributed by atoms with Gasteiger partial charge in [0.2, 0.25) is 11.9 Å². The molecule has 1 aliphatic carbocycles. The Hall–Kier alpha value is -1.65. The van der Waals surface area contributed by atoms with Crippen molar-refractivity contribution in [2.24, 2.45) is 11.8 Å². The molecule has 1 N–H and O–H groups in total. The van der Waals surface area contributed by atoms with Crippen molar-refractivity contribution in [2.45, 2.75) is 39.0 Å². The van der Waals surface area contributed by atoms with Crippen molar-refractivity contribution in [3.05, 3.63) is 12.4 Å². The molecule has 5 nitrogen and oxygen atoms in total. The second-order valence-electron chi connectivity index (χ2n) is 6.08. The number of carbonyl (C=O) groups excluding carboxylic acids is 1. The lowest BCUT2D eigenvalue weighted by atomic mass is 10.1. The fourth-order valence-corrected chi connectivity index (χ4v) is 3.10. The highest BCUT2D eigenvalue weighted by molar-refractivity contribution is 5.92. The summed E-state index contributed by atoms with van der Waals surface area (Å²) in [5.74, 6) is 1.77. The van der Waals surface area contributed by atoms with Gasteiger partial charge in [-0.05, 0) is 25.2 Å². The Balaban J connectivity index is 1.59. The van der Waals surface area contributed by atoms with Crippen LogP contribution in [0.15, 0.2) is 12.4 Å². The van der Waals surface area contributed by atoms with E-state index in [-0.39, 0.29) is 11.8 Å². The Labute approximate surface area is 119 Å². The summed E-state index contributed by atoms with van der Waals surface area (Å²) in [7, 11) is 0. The quantitative estimate of drug-likeness (QED) is 0.919. The third kappa shape index (κ3) is 2.92. The largest absolute Gasteiger partial charge is 0.341 e. The van der Waals surface area contributed by atoms with E-state index in [4.69, 9.17) is 0 Å². The second kappa shape index (κ2) is 5.77. The molecule has 1 aliphatic heterocycles. The fraction of sp³-hybridized carbons (Fsp3) is 0.667. The number of amides is 1. The van der Waals surface area contributed by atoms with Gasteiger partial charge < -0.3 is 10.2 Å². The lowest BCUT2D eigenvalue weighted by molar-refractivity contribution is -0.119. The summed E-state index contributed by atoms with van der Waals surface area (Å²) in [6.45, 7) is 4.29. The monoisotopic (exact) mass is 274 g/mol. The van der Waals surface area contributed by atoms with Gasteiger partial charge in [0, 0.05) is 19.0 Å². The first kappa shape index (κ1) is 13.3. The van der Waals surface area contributed by atoms with Gasteiger partial charge in [-0.15, -0.1) is 0 Å². The van der Waals surface area contributed by atoms with Gasteiger partial charge in [-0.1, -0.05) is 19.8 Å². The van der Waals surface area contributed by atoms with E-state index in [0.717, 1.165) is 31.9 Å². The highest BCUT2D eigenvalue weighted by atomic mass is 16.1. The van der Waals surface area contributed by atoms with Crippen molar-refractivity contribution >= 4 is 17.5 Å². The molecule has 5 heteroatoms. The van der Waals surface area contributed by atoms with Gasteiger partial charge >= 0.3 is 0 Å². The Morgan fingerprint density at radius 1 is 1.25 bits per heavy atom. The van der Waals surface area contributed by atoms with Crippen LogP contribution in [-0.2, 0) is 4.79 Å². The zero-order valence-corrected chi connectivity index (χ0v) is 12.0. The molecule has 2 fully saturated rings. The van der Waals surface area contributed by atoms with Gasteiger partial charge in [-0.2, -0.15) is 0 Å². The number of carbonyl (C=O) groups is 1. The molecule has 0 radical (unpaired) electrons. The van der Waals surface area contributed by atoms with E-state index in [2.05, 4.69) is 27.1 Å². The summed E-state index contributed by atoms with van der Waals surface area (Å²) >= 11 is 0. The lowest BCUT2D eigenvalue weighted by Crippen LogP contribution is -2.23. The highest BCUT2D eigenvalue weighted by Gasteiger charge is 2.23. The Bertz CT molecular complexity index is 467. The van der Waals surface area contributed by atoms with Gasteiger partial charge in [0.1, 0.15) is 0 Å². The summed E-state index contributed by atoms with van der Waals surface area (Å²) in [6.07, 6.45) is 8.99. The Morgan fingerprint density at radius 2 is 1.95 bits per heavy atom. The van der Waals surface area contributed by atoms with Crippen LogP contribution in [0.5, 0.6) is 0 Å². The molecule has 108 valence electrons. The van der Waals surface area contributed by atoms with Crippen molar-refractivity contribution in [3.63, 3.8) is 0 Å². The average molecular weight is 274 g/mol. The van der Waals surface area contributed by atoms with Crippen LogP contribution in [0, 0.1) is 11.8 Å². The SMILES string of the molecule is CC1CCN(c2ncc(NC(=O)C3CCCC3)cn2)C1. The minimum Gasteiger partial charge on any atom is -0.341 e. The molecule has 1 saturated carbocycles. The predicted octanol–water partition coefficient (Wildman–Crippen LogP) is 2.45. The molecule has 2 aliphatic rings. The summed E-state index contributed by atoms with van der Waals surface area (Å²) < 4.78 is 0. The molecule has 0 aromatic carbocycles. The van der Waals surface area contributed by atoms with Crippen molar-refractivity contribution < 1.29 is 4.79 Å². The predicted molar refractivity (Wildman–Crippen MR) is 78.6 cm³/mol. The van der Waals surface area contributed by atoms with Gasteiger partial charge in [-0.25, -0.2) is 9.97 Å². The van der Waals surface area contributed by atoms with Crippen molar-refractivity contribution in [2.75, 3.05) is 23.3 Å². The van der Waals surface area contributed by atoms with Crippen LogP contribution in [0.2, 0.25) is 0 Å². The molecule has 0 spiro atoms. The topological polar surface area (TPSA) is 58.1 Å². The van der Waals surface area contributed by atoms with E-state index >= 15 is 0 Å². The molecule has 0 bridgehead atoms. The summed E-state index contributed by atoms with van der Waals surface area (Å²) in [5.41, 5.74) is 0.706. The number of anilines is 2. The smallest absolute Gasteiger partial charge is 0.227 e. The highest BCUT2D eigenvalue weighted by Crippen LogP contribution is 2.26. The van der Waals surface area contributed by atoms with Crippen molar-refractivity contribution in [1.82, 2.24) is 9.97 Å². The second-order valence-corrected chi connectivity index (χ2v) is 6.08. The zero-order chi connectivity index (χ0) is 13.9. The van der Waals surface area contributed by atoms with Crippen LogP contribution in [0.4, 0.5) is 11.6 Å². The number of nitrogens with zero attached hydrogens (tertiary/aromatic N) is 3. The van der Waals surface area contributed by atoms with Gasteiger partial charge in [0.25, 0.3) is 0 Å². The number of hydrogen-bond acceptors (Lipinski definition) is 4. The minimum absolute atomic E-state index is 0.119. The molecule has 20 heavy (non-hydrogen) atoms. The van der Waals surface area contributed by atoms with Crippen LogP contribution in [0.25, 0.3) is 0 Å². The third-order valence-electron chi connectivity index (χ3n) is 4.34. The molecule has 1 saturated heterocycles. The fourth-order valence-electron chi connectivity index (χ4n) is 3.10. The van der Waals surface area contributed by atoms with E-state index in [0.29, 0.717) is 11.6 Å². The van der Waals surface area contributed by atoms with Crippen LogP contribution in [0.1, 0.15) is 39.0 Å². The normalized spacial score (nSPS) is 23.2. The molecule has 3 rings (SSSR count). The van der Waals surface area contributed by atoms with Gasteiger partial charge in [0.05, 0.1) is 18.1 Å². The van der Waals surface area contributed by atoms with E-state index < -0.39 is 0 Å². The summed E-state index contributed by atoms with van der Waals surface area (Å²) in [4.78, 5) is 23.0. The lowest BCUT2D eigenvalue weighted by Gasteiger charge is -2.16. The van der Waals surface area contributed by atoms with Gasteiger partial charge in [0.15, 0.2) is 0 Å². The average Bonchev–Trinajstić information content (AvgIpc) is 3.10. The third-order valence-corrected chi connectivity index (χ3v) is 4.34. The van der Waals surface area contributed by atoms with E-state index in [9.17, 15) is 4.79 Å². The molecule has 1 unspecified atom stereocenters. The van der Waals surface area contributed by atoms with E-state index in [1.807, 2.05) is 0 Å². The molecule has 2 heterocycles. The van der Waals surface area contributed by atoms with Gasteiger partial charge in [-0.3, -0.25) is 4.79 Å². The van der Waals surface area contributed by atoms with Crippen molar-refractivity contribution in [3.8, 4) is 0 Å². The van der Waals surface area contributed by atoms with Crippen LogP contribution in [0.3, 0.4) is 0 Å². The number of rotatable bonds is 3. The van der Waals surface area contributed by atoms with E-state index in [1.165, 1.54) is 19.3 Å². The standard InChI is InChI=1S/C15H22N4O/c1-11-6-7-19(10-11)15-16-8-13(9-17-15)18-14(20)12-4-2-3-5-12/h8-9,11-12H,2-7,10H2,1H3,(H,18,20). The van der Waals surface area contributed by atoms with Crippen LogP contribution >= 0.6 is 0 Å². The maximum absolute atomic E-state index is 12.0. The molecular weight excluding hydrogens is 252 g/mol. The molecule has 1 aromatic heterocycles. The summed E-state index contributed by atoms with van der Waals surface area (Å²) in [6, 6.07) is 0. The number of hydrogen-bond donors (Lipinski definition) is 1. The van der Waals surface area contributed by atoms with E-state index in [1.54, 1.807) is 12.4 Å². The summed E-state index contributed by atoms with van der Waals surface area (Å²) in [5, 5.41) is 2.93. The first-order valence-electron chi connectivity index (χ1n) is 7.60. The number of nitrogens with one attached hydrogen (secondary N) is 1. The first-order valence-corrected chi connectivity index (χ1v) is 7.60. The molecule has 1 atom stereocenters. The van der Waals surface area contributed by atoms with Crippen LogP contribution < -0.4 is 10.2 Å². The maximum atomic E-state index is 12.0. The van der Waals surface area contributed by atoms with Crippen LogP contribution in [-0.4, -0.2) is 29.0 Å². The Kier molecular flexibility index (Phi) is 3.85. The molecule has 1 aromatic rings. The first-order chi connectivity index (χ1) is 9.72. The van der Waals surface area contributed by atoms with Crippen molar-refractivity contribution in [1.29, 1.82) is 0 Å². The minimum atomic E-state index is 0.119. The molecular formula is C15H22N4O.